The molecule has 1 aromatic carbocycles. The van der Waals surface area contributed by atoms with E-state index in [1.807, 2.05) is 31.2 Å². The van der Waals surface area contributed by atoms with Gasteiger partial charge in [-0.25, -0.2) is 9.97 Å². The first-order valence-corrected chi connectivity index (χ1v) is 9.99. The summed E-state index contributed by atoms with van der Waals surface area (Å²) in [5, 5.41) is 18.6. The summed E-state index contributed by atoms with van der Waals surface area (Å²) in [4.78, 5) is 14.8. The minimum absolute atomic E-state index is 0.252. The van der Waals surface area contributed by atoms with Crippen LogP contribution in [0.3, 0.4) is 0 Å². The van der Waals surface area contributed by atoms with Gasteiger partial charge in [-0.15, -0.1) is 5.10 Å². The summed E-state index contributed by atoms with van der Waals surface area (Å²) in [7, 11) is 0. The molecule has 2 N–H and O–H groups in total. The predicted molar refractivity (Wildman–Crippen MR) is 118 cm³/mol. The lowest BCUT2D eigenvalue weighted by molar-refractivity contribution is 0.540. The van der Waals surface area contributed by atoms with Gasteiger partial charge >= 0.3 is 0 Å². The van der Waals surface area contributed by atoms with Crippen molar-refractivity contribution in [1.29, 1.82) is 5.26 Å². The van der Waals surface area contributed by atoms with Gasteiger partial charge in [-0.05, 0) is 31.2 Å². The summed E-state index contributed by atoms with van der Waals surface area (Å²) in [6, 6.07) is 15.1. The van der Waals surface area contributed by atoms with Gasteiger partial charge in [-0.2, -0.15) is 15.2 Å². The lowest BCUT2D eigenvalue weighted by atomic mass is 10.00. The van der Waals surface area contributed by atoms with E-state index in [4.69, 9.17) is 15.2 Å². The summed E-state index contributed by atoms with van der Waals surface area (Å²) < 4.78 is 5.71. The van der Waals surface area contributed by atoms with E-state index in [1.165, 1.54) is 6.39 Å². The van der Waals surface area contributed by atoms with E-state index in [9.17, 15) is 5.26 Å². The average molecular weight is 422 g/mol. The molecule has 0 unspecified atom stereocenters. The van der Waals surface area contributed by atoms with Crippen molar-refractivity contribution in [2.45, 2.75) is 19.9 Å². The van der Waals surface area contributed by atoms with E-state index in [1.54, 1.807) is 29.2 Å². The number of nitrogen functional groups attached to an aromatic ring is 1. The number of pyridine rings is 2. The fraction of sp³-hybridized carbons (Fsp3) is 0.130. The third kappa shape index (κ3) is 3.44. The van der Waals surface area contributed by atoms with Crippen LogP contribution in [-0.2, 0) is 13.0 Å². The van der Waals surface area contributed by atoms with Crippen molar-refractivity contribution in [3.05, 3.63) is 72.0 Å². The van der Waals surface area contributed by atoms with E-state index in [0.717, 1.165) is 11.3 Å². The molecule has 0 spiro atoms. The predicted octanol–water partition coefficient (Wildman–Crippen LogP) is 3.55. The van der Waals surface area contributed by atoms with Crippen LogP contribution in [0.1, 0.15) is 17.0 Å². The van der Waals surface area contributed by atoms with Crippen LogP contribution in [0.4, 0.5) is 5.82 Å². The lowest BCUT2D eigenvalue weighted by Crippen LogP contribution is -2.05. The molecule has 156 valence electrons. The lowest BCUT2D eigenvalue weighted by Gasteiger charge is -2.09. The summed E-state index contributed by atoms with van der Waals surface area (Å²) in [6.45, 7) is 2.38. The number of nitrogens with zero attached hydrogens (tertiary/aromatic N) is 7. The van der Waals surface area contributed by atoms with Crippen molar-refractivity contribution in [2.24, 2.45) is 0 Å². The van der Waals surface area contributed by atoms with Crippen LogP contribution >= 0.6 is 0 Å². The fourth-order valence-electron chi connectivity index (χ4n) is 3.59. The molecule has 4 heterocycles. The van der Waals surface area contributed by atoms with Crippen LogP contribution in [0.2, 0.25) is 0 Å². The molecule has 0 aliphatic carbocycles. The zero-order chi connectivity index (χ0) is 22.1. The van der Waals surface area contributed by atoms with E-state index >= 15 is 0 Å². The van der Waals surface area contributed by atoms with Crippen LogP contribution in [0.5, 0.6) is 0 Å². The molecule has 9 heteroatoms. The molecule has 0 atom stereocenters. The average Bonchev–Trinajstić information content (AvgIpc) is 3.45. The maximum absolute atomic E-state index is 9.33. The molecular weight excluding hydrogens is 404 g/mol. The fourth-order valence-corrected chi connectivity index (χ4v) is 3.59. The van der Waals surface area contributed by atoms with Crippen molar-refractivity contribution < 1.29 is 4.42 Å². The topological polar surface area (TPSA) is 132 Å². The third-order valence-corrected chi connectivity index (χ3v) is 5.14. The largest absolute Gasteiger partial charge is 0.443 e. The molecule has 9 nitrogen and oxygen atoms in total. The van der Waals surface area contributed by atoms with Gasteiger partial charge in [-0.3, -0.25) is 4.98 Å². The van der Waals surface area contributed by atoms with Crippen LogP contribution < -0.4 is 5.73 Å². The van der Waals surface area contributed by atoms with Crippen molar-refractivity contribution in [1.82, 2.24) is 29.9 Å². The number of aromatic nitrogens is 6. The second-order valence-electron chi connectivity index (χ2n) is 7.24. The van der Waals surface area contributed by atoms with Crippen molar-refractivity contribution in [3.63, 3.8) is 0 Å². The molecule has 4 aromatic heterocycles. The van der Waals surface area contributed by atoms with Gasteiger partial charge in [0.1, 0.15) is 5.52 Å². The highest BCUT2D eigenvalue weighted by atomic mass is 16.3. The zero-order valence-electron chi connectivity index (χ0n) is 17.2. The van der Waals surface area contributed by atoms with Gasteiger partial charge in [-0.1, -0.05) is 18.2 Å². The number of anilines is 1. The smallest absolute Gasteiger partial charge is 0.181 e. The number of hydrogen-bond donors (Lipinski definition) is 1. The Hall–Kier alpha value is -4.58. The van der Waals surface area contributed by atoms with Crippen molar-refractivity contribution >= 4 is 16.9 Å². The van der Waals surface area contributed by atoms with Gasteiger partial charge in [0.05, 0.1) is 35.1 Å². The van der Waals surface area contributed by atoms with Gasteiger partial charge in [0.2, 0.25) is 0 Å². The molecule has 0 aliphatic rings. The Kier molecular flexibility index (Phi) is 4.80. The third-order valence-electron chi connectivity index (χ3n) is 5.14. The number of benzene rings is 1. The van der Waals surface area contributed by atoms with Gasteiger partial charge in [0, 0.05) is 23.9 Å². The molecule has 0 amide bonds. The minimum Gasteiger partial charge on any atom is -0.443 e. The van der Waals surface area contributed by atoms with Crippen LogP contribution in [0.25, 0.3) is 33.6 Å². The monoisotopic (exact) mass is 422 g/mol. The SMILES string of the molecule is Cc1ncoc1-c1c(-c2cccc(C#N)c2)nc(N)c2nn(CCc3ccccn3)nc12. The second kappa shape index (κ2) is 7.92. The molecule has 0 aliphatic heterocycles. The first-order chi connectivity index (χ1) is 15.6. The molecule has 0 fully saturated rings. The Labute approximate surface area is 183 Å². The number of nitriles is 1. The molecular formula is C23H18N8O. The summed E-state index contributed by atoms with van der Waals surface area (Å²) in [5.41, 5.74) is 11.4. The van der Waals surface area contributed by atoms with Crippen LogP contribution in [0, 0.1) is 18.3 Å². The standard InChI is InChI=1S/C23H18N8O/c1-14-22(32-13-27-14)18-19(16-6-4-5-15(11-16)12-24)28-23(25)21-20(18)29-31(30-21)10-8-17-7-2-3-9-26-17/h2-7,9,11,13H,8,10H2,1H3,(H2,25,28). The Morgan fingerprint density at radius 3 is 2.72 bits per heavy atom. The van der Waals surface area contributed by atoms with E-state index < -0.39 is 0 Å². The normalized spacial score (nSPS) is 11.0. The summed E-state index contributed by atoms with van der Waals surface area (Å²) in [5.74, 6) is 0.791. The first kappa shape index (κ1) is 19.4. The number of fused-ring (bicyclic) bond motifs is 1. The molecule has 0 saturated carbocycles. The summed E-state index contributed by atoms with van der Waals surface area (Å²) >= 11 is 0. The summed E-state index contributed by atoms with van der Waals surface area (Å²) in [6.07, 6.45) is 3.81. The highest BCUT2D eigenvalue weighted by Crippen LogP contribution is 2.38. The van der Waals surface area contributed by atoms with Crippen LogP contribution in [-0.4, -0.2) is 29.9 Å². The maximum atomic E-state index is 9.33. The van der Waals surface area contributed by atoms with Crippen molar-refractivity contribution in [3.8, 4) is 28.7 Å². The number of aryl methyl sites for hydroxylation is 3. The highest BCUT2D eigenvalue weighted by Gasteiger charge is 2.24. The van der Waals surface area contributed by atoms with E-state index in [0.29, 0.717) is 52.3 Å². The Balaban J connectivity index is 1.68. The zero-order valence-corrected chi connectivity index (χ0v) is 17.2. The van der Waals surface area contributed by atoms with E-state index in [2.05, 4.69) is 26.1 Å². The quantitative estimate of drug-likeness (QED) is 0.455. The Morgan fingerprint density at radius 1 is 1.09 bits per heavy atom. The van der Waals surface area contributed by atoms with Gasteiger partial charge in [0.15, 0.2) is 23.5 Å². The Morgan fingerprint density at radius 2 is 1.97 bits per heavy atom. The minimum atomic E-state index is 0.252. The molecule has 32 heavy (non-hydrogen) atoms. The van der Waals surface area contributed by atoms with Gasteiger partial charge in [0.25, 0.3) is 0 Å². The number of oxazole rings is 1. The molecule has 5 aromatic rings. The maximum Gasteiger partial charge on any atom is 0.181 e. The van der Waals surface area contributed by atoms with E-state index in [-0.39, 0.29) is 5.82 Å². The molecule has 5 rings (SSSR count). The second-order valence-corrected chi connectivity index (χ2v) is 7.24. The van der Waals surface area contributed by atoms with Crippen molar-refractivity contribution in [2.75, 3.05) is 5.73 Å². The Bertz CT molecular complexity index is 1460. The number of rotatable bonds is 5. The molecule has 0 saturated heterocycles. The molecule has 0 radical (unpaired) electrons. The van der Waals surface area contributed by atoms with Crippen LogP contribution in [0.15, 0.2) is 59.5 Å². The number of nitrogens with two attached hydrogens (primary N) is 1. The first-order valence-electron chi connectivity index (χ1n) is 9.99. The van der Waals surface area contributed by atoms with Gasteiger partial charge < -0.3 is 10.2 Å². The molecule has 0 bridgehead atoms. The highest BCUT2D eigenvalue weighted by molar-refractivity contribution is 6.02. The number of hydrogen-bond acceptors (Lipinski definition) is 8.